The van der Waals surface area contributed by atoms with Crippen molar-refractivity contribution < 1.29 is 48.1 Å². The lowest BCUT2D eigenvalue weighted by Gasteiger charge is -2.36. The number of nitrogens with two attached hydrogens (primary N) is 2. The van der Waals surface area contributed by atoms with Crippen molar-refractivity contribution in [1.29, 1.82) is 0 Å². The van der Waals surface area contributed by atoms with Gasteiger partial charge in [0.15, 0.2) is 0 Å². The molecule has 2 saturated heterocycles. The number of amides is 4. The molecule has 6 atom stereocenters. The van der Waals surface area contributed by atoms with Gasteiger partial charge < -0.3 is 40.6 Å². The first kappa shape index (κ1) is 48.7. The molecule has 6 unspecified atom stereocenters. The second-order valence-electron chi connectivity index (χ2n) is 16.6. The van der Waals surface area contributed by atoms with E-state index in [0.717, 1.165) is 12.8 Å². The van der Waals surface area contributed by atoms with E-state index in [0.29, 0.717) is 44.5 Å². The summed E-state index contributed by atoms with van der Waals surface area (Å²) in [4.78, 5) is 69.7. The molecule has 2 heterocycles. The number of carbonyl (C=O) groups is 6. The van der Waals surface area contributed by atoms with Gasteiger partial charge in [-0.3, -0.25) is 14.4 Å². The second-order valence-corrected chi connectivity index (χ2v) is 16.9. The number of hydrogen-bond donors (Lipinski definition) is 3. The van der Waals surface area contributed by atoms with Gasteiger partial charge in [0.2, 0.25) is 11.8 Å². The summed E-state index contributed by atoms with van der Waals surface area (Å²) in [6.07, 6.45) is 5.34. The Bertz CT molecular complexity index is 1110. The Hall–Kier alpha value is -3.29. The van der Waals surface area contributed by atoms with E-state index in [9.17, 15) is 28.8 Å². The van der Waals surface area contributed by atoms with Gasteiger partial charge in [-0.15, -0.1) is 0 Å². The van der Waals surface area contributed by atoms with Crippen LogP contribution in [0.1, 0.15) is 115 Å². The summed E-state index contributed by atoms with van der Waals surface area (Å²) in [5.74, 6) is -0.675. The highest BCUT2D eigenvalue weighted by Crippen LogP contribution is 2.29. The molecular weight excluding hydrogens is 696 g/mol. The molecule has 15 heteroatoms. The van der Waals surface area contributed by atoms with E-state index < -0.39 is 34.6 Å². The van der Waals surface area contributed by atoms with Gasteiger partial charge in [0, 0.05) is 43.7 Å². The Kier molecular flexibility index (Phi) is 21.3. The predicted octanol–water partition coefficient (Wildman–Crippen LogP) is 6.64. The normalized spacial score (nSPS) is 24.6. The van der Waals surface area contributed by atoms with Crippen LogP contribution in [-0.2, 0) is 28.6 Å². The Labute approximate surface area is 315 Å². The third-order valence-corrected chi connectivity index (χ3v) is 9.02. The zero-order valence-corrected chi connectivity index (χ0v) is 34.1. The maximum Gasteiger partial charge on any atom is 0.410 e. The molecule has 0 aromatic carbocycles. The Morgan fingerprint density at radius 3 is 1.38 bits per heavy atom. The van der Waals surface area contributed by atoms with Crippen molar-refractivity contribution in [2.45, 2.75) is 126 Å². The van der Waals surface area contributed by atoms with Crippen LogP contribution in [0.2, 0.25) is 0 Å². The molecule has 5 N–H and O–H groups in total. The van der Waals surface area contributed by atoms with Crippen LogP contribution < -0.4 is 11.5 Å². The van der Waals surface area contributed by atoms with Crippen LogP contribution in [0.4, 0.5) is 14.4 Å². The summed E-state index contributed by atoms with van der Waals surface area (Å²) >= 11 is 4.86. The minimum Gasteiger partial charge on any atom is -0.481 e. The number of ether oxygens (including phenoxy) is 3. The average molecular weight is 763 g/mol. The van der Waals surface area contributed by atoms with Crippen LogP contribution in [-0.4, -0.2) is 94.3 Å². The largest absolute Gasteiger partial charge is 0.481 e. The number of nitrogens with zero attached hydrogens (tertiary/aromatic N) is 2. The van der Waals surface area contributed by atoms with Crippen LogP contribution in [0.3, 0.4) is 0 Å². The lowest BCUT2D eigenvalue weighted by atomic mass is 9.80. The van der Waals surface area contributed by atoms with Gasteiger partial charge >= 0.3 is 23.6 Å². The number of primary amides is 2. The third kappa shape index (κ3) is 20.7. The quantitative estimate of drug-likeness (QED) is 0.201. The first-order valence-corrected chi connectivity index (χ1v) is 18.7. The minimum atomic E-state index is -0.842. The number of carbonyl (C=O) groups excluding carboxylic acids is 5. The highest BCUT2D eigenvalue weighted by Gasteiger charge is 2.36. The molecule has 0 radical (unpaired) electrons. The molecule has 3 aliphatic rings. The Morgan fingerprint density at radius 1 is 0.692 bits per heavy atom. The van der Waals surface area contributed by atoms with E-state index in [-0.39, 0.29) is 48.1 Å². The van der Waals surface area contributed by atoms with Crippen LogP contribution in [0.25, 0.3) is 0 Å². The lowest BCUT2D eigenvalue weighted by Crippen LogP contribution is -2.48. The fourth-order valence-electron chi connectivity index (χ4n) is 5.79. The molecule has 0 aromatic heterocycles. The Morgan fingerprint density at radius 2 is 1.08 bits per heavy atom. The number of carboxylic acid groups (broad SMARTS) is 1. The molecule has 3 rings (SSSR count). The number of hydrogen-bond acceptors (Lipinski definition) is 9. The van der Waals surface area contributed by atoms with E-state index in [4.69, 9.17) is 37.6 Å². The molecule has 52 heavy (non-hydrogen) atoms. The molecule has 1 aliphatic carbocycles. The van der Waals surface area contributed by atoms with Crippen molar-refractivity contribution in [2.75, 3.05) is 32.8 Å². The van der Waals surface area contributed by atoms with Crippen LogP contribution in [0.15, 0.2) is 0 Å². The number of piperidine rings is 2. The second kappa shape index (κ2) is 22.7. The van der Waals surface area contributed by atoms with E-state index >= 15 is 0 Å². The standard InChI is InChI=1S/C12H22N2O3.C12H21NO4.C8H15NO.C5H9ClO2/c1-8-5-6-14(7-9(8)10(13)15)11(16)17-12(2,3)4;1-8-5-6-13(7-9(8)10(14)15)11(16)17-12(2,3)4;1-6-4-2-3-5-7(6)8(9)10;1-4(2)3-8-5(6)7/h8-9H,5-7H2,1-4H3,(H2,13,15);8-9H,5-7H2,1-4H3,(H,14,15);6-7H,2-5H2,1H3,(H2,9,10);4H,3H2,1-2H3. The zero-order valence-electron chi connectivity index (χ0n) is 33.4. The average Bonchev–Trinajstić information content (AvgIpc) is 2.99. The molecule has 2 aliphatic heterocycles. The van der Waals surface area contributed by atoms with Crippen molar-refractivity contribution in [3.05, 3.63) is 0 Å². The van der Waals surface area contributed by atoms with Gasteiger partial charge in [0.05, 0.1) is 18.4 Å². The Balaban J connectivity index is 0.000000698. The van der Waals surface area contributed by atoms with Crippen molar-refractivity contribution in [3.63, 3.8) is 0 Å². The SMILES string of the molecule is CC(C)COC(=O)Cl.CC1CCCCC1C(N)=O.CC1CCN(C(=O)OC(C)(C)C)CC1C(=O)O.CC1CCN(C(=O)OC(C)(C)C)CC1C(N)=O. The van der Waals surface area contributed by atoms with E-state index in [2.05, 4.69) is 11.7 Å². The summed E-state index contributed by atoms with van der Waals surface area (Å²) in [5, 5.41) is 9.06. The molecule has 0 spiro atoms. The van der Waals surface area contributed by atoms with Gasteiger partial charge in [-0.25, -0.2) is 14.4 Å². The number of rotatable bonds is 5. The van der Waals surface area contributed by atoms with Crippen molar-refractivity contribution in [3.8, 4) is 0 Å². The van der Waals surface area contributed by atoms with Gasteiger partial charge in [0.25, 0.3) is 0 Å². The van der Waals surface area contributed by atoms with Crippen molar-refractivity contribution in [1.82, 2.24) is 9.80 Å². The number of halogens is 1. The fraction of sp³-hybridized carbons (Fsp3) is 0.838. The minimum absolute atomic E-state index is 0.103. The third-order valence-electron chi connectivity index (χ3n) is 8.91. The monoisotopic (exact) mass is 762 g/mol. The van der Waals surface area contributed by atoms with E-state index in [1.54, 1.807) is 25.7 Å². The van der Waals surface area contributed by atoms with Gasteiger partial charge in [-0.1, -0.05) is 47.5 Å². The van der Waals surface area contributed by atoms with Crippen LogP contribution >= 0.6 is 11.6 Å². The molecule has 1 saturated carbocycles. The molecule has 0 bridgehead atoms. The molecule has 0 aromatic rings. The highest BCUT2D eigenvalue weighted by molar-refractivity contribution is 6.61. The van der Waals surface area contributed by atoms with E-state index in [1.165, 1.54) is 24.2 Å². The summed E-state index contributed by atoms with van der Waals surface area (Å²) in [6.45, 7) is 23.0. The smallest absolute Gasteiger partial charge is 0.410 e. The molecule has 302 valence electrons. The number of likely N-dealkylation sites (tertiary alicyclic amines) is 2. The van der Waals surface area contributed by atoms with Gasteiger partial charge in [-0.05, 0) is 90.9 Å². The first-order valence-electron chi connectivity index (χ1n) is 18.3. The maximum absolute atomic E-state index is 11.8. The molecule has 3 fully saturated rings. The number of aliphatic carboxylic acids is 1. The highest BCUT2D eigenvalue weighted by atomic mass is 35.5. The van der Waals surface area contributed by atoms with Crippen molar-refractivity contribution in [2.24, 2.45) is 52.9 Å². The van der Waals surface area contributed by atoms with Gasteiger partial charge in [-0.2, -0.15) is 0 Å². The summed E-state index contributed by atoms with van der Waals surface area (Å²) in [5.41, 5.74) is 8.77. The summed E-state index contributed by atoms with van der Waals surface area (Å²) in [6, 6.07) is 0. The zero-order chi connectivity index (χ0) is 40.6. The first-order chi connectivity index (χ1) is 23.7. The topological polar surface area (TPSA) is 209 Å². The maximum atomic E-state index is 11.8. The summed E-state index contributed by atoms with van der Waals surface area (Å²) in [7, 11) is 0. The lowest BCUT2D eigenvalue weighted by molar-refractivity contribution is -0.145. The summed E-state index contributed by atoms with van der Waals surface area (Å²) < 4.78 is 14.9. The fourth-order valence-corrected chi connectivity index (χ4v) is 5.85. The molecule has 14 nitrogen and oxygen atoms in total. The predicted molar refractivity (Wildman–Crippen MR) is 199 cm³/mol. The van der Waals surface area contributed by atoms with Crippen molar-refractivity contribution >= 4 is 47.0 Å². The molecular formula is C37H67ClN4O10. The van der Waals surface area contributed by atoms with Crippen LogP contribution in [0.5, 0.6) is 0 Å². The number of carboxylic acids is 1. The van der Waals surface area contributed by atoms with Crippen LogP contribution in [0, 0.1) is 41.4 Å². The molecule has 4 amide bonds. The van der Waals surface area contributed by atoms with Gasteiger partial charge in [0.1, 0.15) is 11.2 Å². The van der Waals surface area contributed by atoms with E-state index in [1.807, 2.05) is 48.5 Å².